The van der Waals surface area contributed by atoms with Gasteiger partial charge in [0.1, 0.15) is 5.82 Å². The Morgan fingerprint density at radius 2 is 1.68 bits per heavy atom. The van der Waals surface area contributed by atoms with E-state index in [2.05, 4.69) is 15.4 Å². The standard InChI is InChI=1S/C24H27FN6O2S/c25-17-8-10-19(11-9-17)31-22(20-7-4-16-34-20)27-21(28-31)23(32)29-12-14-30(15-13-29)24(33)26-18-5-2-1-3-6-18/h4,7-11,16,18H,1-3,5-6,12-15H2,(H,26,33). The van der Waals surface area contributed by atoms with Gasteiger partial charge in [-0.25, -0.2) is 18.9 Å². The highest BCUT2D eigenvalue weighted by Crippen LogP contribution is 2.26. The Hall–Kier alpha value is -3.27. The van der Waals surface area contributed by atoms with Crippen molar-refractivity contribution in [2.75, 3.05) is 26.2 Å². The van der Waals surface area contributed by atoms with Gasteiger partial charge in [0.05, 0.1) is 10.6 Å². The normalized spacial score (nSPS) is 17.1. The molecule has 1 N–H and O–H groups in total. The van der Waals surface area contributed by atoms with Crippen molar-refractivity contribution in [1.29, 1.82) is 0 Å². The van der Waals surface area contributed by atoms with Crippen molar-refractivity contribution < 1.29 is 14.0 Å². The summed E-state index contributed by atoms with van der Waals surface area (Å²) in [6, 6.07) is 9.96. The number of carbonyl (C=O) groups excluding carboxylic acids is 2. The van der Waals surface area contributed by atoms with Crippen molar-refractivity contribution in [1.82, 2.24) is 29.9 Å². The molecule has 1 saturated carbocycles. The molecular weight excluding hydrogens is 455 g/mol. The maximum absolute atomic E-state index is 13.4. The first-order valence-electron chi connectivity index (χ1n) is 11.7. The van der Waals surface area contributed by atoms with Crippen LogP contribution in [0.25, 0.3) is 16.4 Å². The predicted octanol–water partition coefficient (Wildman–Crippen LogP) is 3.94. The number of hydrogen-bond acceptors (Lipinski definition) is 5. The molecule has 5 rings (SSSR count). The summed E-state index contributed by atoms with van der Waals surface area (Å²) in [4.78, 5) is 34.7. The van der Waals surface area contributed by atoms with E-state index in [1.165, 1.54) is 29.9 Å². The summed E-state index contributed by atoms with van der Waals surface area (Å²) in [7, 11) is 0. The number of amides is 3. The minimum atomic E-state index is -0.344. The molecule has 34 heavy (non-hydrogen) atoms. The van der Waals surface area contributed by atoms with E-state index >= 15 is 0 Å². The van der Waals surface area contributed by atoms with Gasteiger partial charge in [-0.1, -0.05) is 25.3 Å². The summed E-state index contributed by atoms with van der Waals surface area (Å²) >= 11 is 1.49. The highest BCUT2D eigenvalue weighted by molar-refractivity contribution is 7.13. The fourth-order valence-electron chi connectivity index (χ4n) is 4.50. The van der Waals surface area contributed by atoms with Crippen LogP contribution in [0.15, 0.2) is 41.8 Å². The number of carbonyl (C=O) groups is 2. The average Bonchev–Trinajstić information content (AvgIpc) is 3.55. The van der Waals surface area contributed by atoms with E-state index in [1.54, 1.807) is 26.6 Å². The Balaban J connectivity index is 1.28. The van der Waals surface area contributed by atoms with E-state index < -0.39 is 0 Å². The van der Waals surface area contributed by atoms with E-state index in [1.807, 2.05) is 17.5 Å². The minimum absolute atomic E-state index is 0.0438. The van der Waals surface area contributed by atoms with Crippen molar-refractivity contribution in [2.45, 2.75) is 38.1 Å². The summed E-state index contributed by atoms with van der Waals surface area (Å²) in [5.41, 5.74) is 0.626. The molecule has 2 aromatic heterocycles. The molecule has 3 heterocycles. The Bertz CT molecular complexity index is 1130. The molecule has 2 fully saturated rings. The molecule has 0 radical (unpaired) electrons. The van der Waals surface area contributed by atoms with Crippen LogP contribution in [0.1, 0.15) is 42.7 Å². The lowest BCUT2D eigenvalue weighted by molar-refractivity contribution is 0.0650. The Kier molecular flexibility index (Phi) is 6.57. The third-order valence-corrected chi connectivity index (χ3v) is 7.26. The van der Waals surface area contributed by atoms with Crippen LogP contribution < -0.4 is 5.32 Å². The van der Waals surface area contributed by atoms with Crippen LogP contribution in [0.3, 0.4) is 0 Å². The van der Waals surface area contributed by atoms with Gasteiger partial charge in [0.15, 0.2) is 5.82 Å². The fraction of sp³-hybridized carbons (Fsp3) is 0.417. The number of nitrogens with one attached hydrogen (secondary N) is 1. The summed E-state index contributed by atoms with van der Waals surface area (Å²) in [5, 5.41) is 9.55. The smallest absolute Gasteiger partial charge is 0.317 e. The minimum Gasteiger partial charge on any atom is -0.335 e. The number of thiophene rings is 1. The van der Waals surface area contributed by atoms with Gasteiger partial charge in [-0.2, -0.15) is 0 Å². The van der Waals surface area contributed by atoms with Gasteiger partial charge in [0, 0.05) is 32.2 Å². The van der Waals surface area contributed by atoms with Gasteiger partial charge in [0.25, 0.3) is 5.91 Å². The van der Waals surface area contributed by atoms with E-state index in [4.69, 9.17) is 0 Å². The van der Waals surface area contributed by atoms with Gasteiger partial charge in [-0.3, -0.25) is 4.79 Å². The van der Waals surface area contributed by atoms with Gasteiger partial charge in [0.2, 0.25) is 5.82 Å². The monoisotopic (exact) mass is 482 g/mol. The Morgan fingerprint density at radius 1 is 0.971 bits per heavy atom. The van der Waals surface area contributed by atoms with Crippen LogP contribution in [0.2, 0.25) is 0 Å². The van der Waals surface area contributed by atoms with Crippen LogP contribution >= 0.6 is 11.3 Å². The van der Waals surface area contributed by atoms with Crippen molar-refractivity contribution in [3.63, 3.8) is 0 Å². The molecule has 8 nitrogen and oxygen atoms in total. The largest absolute Gasteiger partial charge is 0.335 e. The highest BCUT2D eigenvalue weighted by atomic mass is 32.1. The molecule has 3 aromatic rings. The number of piperazine rings is 1. The van der Waals surface area contributed by atoms with Gasteiger partial charge in [-0.05, 0) is 48.6 Å². The molecule has 1 aliphatic carbocycles. The number of nitrogens with zero attached hydrogens (tertiary/aromatic N) is 5. The third kappa shape index (κ3) is 4.82. The predicted molar refractivity (Wildman–Crippen MR) is 128 cm³/mol. The zero-order valence-corrected chi connectivity index (χ0v) is 19.6. The molecule has 3 amide bonds. The lowest BCUT2D eigenvalue weighted by atomic mass is 9.96. The quantitative estimate of drug-likeness (QED) is 0.611. The first-order valence-corrected chi connectivity index (χ1v) is 12.6. The Labute approximate surface area is 201 Å². The molecule has 2 aliphatic rings. The number of urea groups is 1. The molecule has 0 bridgehead atoms. The number of aromatic nitrogens is 3. The second kappa shape index (κ2) is 9.92. The maximum atomic E-state index is 13.4. The van der Waals surface area contributed by atoms with E-state index in [0.717, 1.165) is 30.6 Å². The number of hydrogen-bond donors (Lipinski definition) is 1. The van der Waals surface area contributed by atoms with Gasteiger partial charge in [-0.15, -0.1) is 16.4 Å². The molecule has 0 atom stereocenters. The van der Waals surface area contributed by atoms with E-state index in [0.29, 0.717) is 37.7 Å². The zero-order valence-electron chi connectivity index (χ0n) is 18.8. The van der Waals surface area contributed by atoms with Gasteiger partial charge < -0.3 is 15.1 Å². The molecule has 10 heteroatoms. The first-order chi connectivity index (χ1) is 16.6. The lowest BCUT2D eigenvalue weighted by Gasteiger charge is -2.35. The second-order valence-corrected chi connectivity index (χ2v) is 9.64. The third-order valence-electron chi connectivity index (χ3n) is 6.40. The molecule has 1 saturated heterocycles. The molecule has 0 unspecified atom stereocenters. The molecule has 1 aliphatic heterocycles. The topological polar surface area (TPSA) is 83.4 Å². The van der Waals surface area contributed by atoms with Crippen molar-refractivity contribution in [3.8, 4) is 16.4 Å². The summed E-state index contributed by atoms with van der Waals surface area (Å²) in [6.07, 6.45) is 5.65. The van der Waals surface area contributed by atoms with Crippen LogP contribution in [0.5, 0.6) is 0 Å². The Morgan fingerprint density at radius 3 is 2.35 bits per heavy atom. The number of halogens is 1. The summed E-state index contributed by atoms with van der Waals surface area (Å²) in [6.45, 7) is 1.80. The highest BCUT2D eigenvalue weighted by Gasteiger charge is 2.29. The first kappa shape index (κ1) is 22.5. The molecule has 1 aromatic carbocycles. The van der Waals surface area contributed by atoms with Crippen molar-refractivity contribution in [3.05, 3.63) is 53.4 Å². The van der Waals surface area contributed by atoms with Gasteiger partial charge >= 0.3 is 6.03 Å². The zero-order chi connectivity index (χ0) is 23.5. The van der Waals surface area contributed by atoms with Crippen LogP contribution in [-0.2, 0) is 0 Å². The lowest BCUT2D eigenvalue weighted by Crippen LogP contribution is -2.54. The summed E-state index contributed by atoms with van der Waals surface area (Å²) in [5.74, 6) is 0.0116. The van der Waals surface area contributed by atoms with E-state index in [9.17, 15) is 14.0 Å². The van der Waals surface area contributed by atoms with Crippen molar-refractivity contribution in [2.24, 2.45) is 0 Å². The second-order valence-electron chi connectivity index (χ2n) is 8.69. The van der Waals surface area contributed by atoms with Crippen molar-refractivity contribution >= 4 is 23.3 Å². The van der Waals surface area contributed by atoms with Crippen LogP contribution in [0.4, 0.5) is 9.18 Å². The SMILES string of the molecule is O=C(NC1CCCCC1)N1CCN(C(=O)c2nc(-c3cccs3)n(-c3ccc(F)cc3)n2)CC1. The maximum Gasteiger partial charge on any atom is 0.317 e. The van der Waals surface area contributed by atoms with E-state index in [-0.39, 0.29) is 29.6 Å². The average molecular weight is 483 g/mol. The van der Waals surface area contributed by atoms with Crippen LogP contribution in [0, 0.1) is 5.82 Å². The fourth-order valence-corrected chi connectivity index (χ4v) is 5.20. The number of benzene rings is 1. The molecule has 0 spiro atoms. The van der Waals surface area contributed by atoms with Crippen LogP contribution in [-0.4, -0.2) is 68.7 Å². The molecule has 178 valence electrons. The molecular formula is C24H27FN6O2S. The summed E-state index contributed by atoms with van der Waals surface area (Å²) < 4.78 is 15.0. The number of rotatable bonds is 4.